The molecule has 0 radical (unpaired) electrons. The number of nitriles is 1. The van der Waals surface area contributed by atoms with E-state index in [2.05, 4.69) is 42.5 Å². The number of nitro benzene ring substituents is 1. The number of halogens is 2. The molecule has 0 aromatic heterocycles. The number of ether oxygens (including phenoxy) is 1. The van der Waals surface area contributed by atoms with E-state index in [-0.39, 0.29) is 29.5 Å². The molecule has 36 heavy (non-hydrogen) atoms. The third-order valence-electron chi connectivity index (χ3n) is 4.78. The highest BCUT2D eigenvalue weighted by Gasteiger charge is 2.15. The van der Waals surface area contributed by atoms with Crippen molar-refractivity contribution in [1.29, 1.82) is 5.26 Å². The van der Waals surface area contributed by atoms with E-state index in [0.717, 1.165) is 5.56 Å². The lowest BCUT2D eigenvalue weighted by Gasteiger charge is -2.12. The topological polar surface area (TPSA) is 134 Å². The number of amides is 2. The average molecular weight is 614 g/mol. The fourth-order valence-corrected chi connectivity index (χ4v) is 4.50. The second-order valence-corrected chi connectivity index (χ2v) is 9.11. The van der Waals surface area contributed by atoms with Crippen molar-refractivity contribution in [1.82, 2.24) is 0 Å². The first-order valence-corrected chi connectivity index (χ1v) is 11.9. The zero-order valence-electron chi connectivity index (χ0n) is 18.7. The van der Waals surface area contributed by atoms with Crippen LogP contribution in [0.5, 0.6) is 5.75 Å². The minimum absolute atomic E-state index is 0.186. The Hall–Kier alpha value is -4.01. The molecule has 0 saturated carbocycles. The van der Waals surface area contributed by atoms with Crippen LogP contribution in [0.2, 0.25) is 0 Å². The predicted molar refractivity (Wildman–Crippen MR) is 142 cm³/mol. The third-order valence-corrected chi connectivity index (χ3v) is 5.96. The summed E-state index contributed by atoms with van der Waals surface area (Å²) in [5.74, 6) is -0.693. The molecule has 3 rings (SSSR count). The number of hydrogen-bond donors (Lipinski definition) is 2. The number of anilines is 2. The first-order chi connectivity index (χ1) is 17.2. The van der Waals surface area contributed by atoms with Crippen molar-refractivity contribution in [2.45, 2.75) is 6.92 Å². The second-order valence-electron chi connectivity index (χ2n) is 7.40. The van der Waals surface area contributed by atoms with Gasteiger partial charge >= 0.3 is 0 Å². The Morgan fingerprint density at radius 2 is 1.78 bits per heavy atom. The predicted octanol–water partition coefficient (Wildman–Crippen LogP) is 5.99. The lowest BCUT2D eigenvalue weighted by Crippen LogP contribution is -2.20. The summed E-state index contributed by atoms with van der Waals surface area (Å²) in [7, 11) is 0. The Balaban J connectivity index is 1.71. The van der Waals surface area contributed by atoms with Gasteiger partial charge in [-0.15, -0.1) is 0 Å². The zero-order valence-corrected chi connectivity index (χ0v) is 21.9. The summed E-state index contributed by atoms with van der Waals surface area (Å²) < 4.78 is 6.64. The number of para-hydroxylation sites is 1. The van der Waals surface area contributed by atoms with Gasteiger partial charge in [0.1, 0.15) is 17.4 Å². The van der Waals surface area contributed by atoms with Crippen LogP contribution in [0.3, 0.4) is 0 Å². The van der Waals surface area contributed by atoms with Gasteiger partial charge < -0.3 is 15.4 Å². The quantitative estimate of drug-likeness (QED) is 0.139. The van der Waals surface area contributed by atoms with Gasteiger partial charge in [-0.05, 0) is 80.3 Å². The van der Waals surface area contributed by atoms with E-state index in [4.69, 9.17) is 4.74 Å². The Labute approximate surface area is 223 Å². The zero-order chi connectivity index (χ0) is 26.2. The first-order valence-electron chi connectivity index (χ1n) is 10.3. The van der Waals surface area contributed by atoms with Crippen molar-refractivity contribution in [3.63, 3.8) is 0 Å². The van der Waals surface area contributed by atoms with E-state index in [0.29, 0.717) is 25.9 Å². The molecule has 2 N–H and O–H groups in total. The lowest BCUT2D eigenvalue weighted by atomic mass is 10.1. The molecular weight excluding hydrogens is 596 g/mol. The Morgan fingerprint density at radius 3 is 2.42 bits per heavy atom. The number of carbonyl (C=O) groups excluding carboxylic acids is 2. The maximum absolute atomic E-state index is 12.6. The molecule has 11 heteroatoms. The highest BCUT2D eigenvalue weighted by molar-refractivity contribution is 9.11. The van der Waals surface area contributed by atoms with Crippen LogP contribution >= 0.6 is 31.9 Å². The normalized spacial score (nSPS) is 10.8. The van der Waals surface area contributed by atoms with Crippen LogP contribution in [0.4, 0.5) is 17.1 Å². The number of aryl methyl sites for hydroxylation is 1. The highest BCUT2D eigenvalue weighted by atomic mass is 79.9. The van der Waals surface area contributed by atoms with Crippen LogP contribution in [0.25, 0.3) is 6.08 Å². The molecule has 0 bridgehead atoms. The standard InChI is InChI=1S/C25H18Br2N4O5/c1-15-5-2-3-8-22(15)30-23(32)14-36-24-20(26)10-16(11-21(24)27)9-17(13-28)25(33)29-18-6-4-7-19(12-18)31(34)35/h2-12H,14H2,1H3,(H,29,33)(H,30,32)/b17-9-. The summed E-state index contributed by atoms with van der Waals surface area (Å²) in [6, 6.07) is 17.8. The molecule has 182 valence electrons. The van der Waals surface area contributed by atoms with Gasteiger partial charge in [0.2, 0.25) is 0 Å². The molecule has 0 aliphatic heterocycles. The molecule has 0 aliphatic rings. The van der Waals surface area contributed by atoms with Crippen LogP contribution in [0.1, 0.15) is 11.1 Å². The highest BCUT2D eigenvalue weighted by Crippen LogP contribution is 2.35. The summed E-state index contributed by atoms with van der Waals surface area (Å²) in [5.41, 5.74) is 1.89. The summed E-state index contributed by atoms with van der Waals surface area (Å²) in [4.78, 5) is 35.2. The summed E-state index contributed by atoms with van der Waals surface area (Å²) >= 11 is 6.77. The van der Waals surface area contributed by atoms with E-state index >= 15 is 0 Å². The van der Waals surface area contributed by atoms with Crippen molar-refractivity contribution in [2.75, 3.05) is 17.2 Å². The maximum atomic E-state index is 12.6. The number of non-ortho nitro benzene ring substituents is 1. The smallest absolute Gasteiger partial charge is 0.271 e. The number of carbonyl (C=O) groups is 2. The van der Waals surface area contributed by atoms with Crippen LogP contribution < -0.4 is 15.4 Å². The second kappa shape index (κ2) is 12.1. The van der Waals surface area contributed by atoms with Crippen molar-refractivity contribution in [2.24, 2.45) is 0 Å². The van der Waals surface area contributed by atoms with Gasteiger partial charge in [0.15, 0.2) is 6.61 Å². The van der Waals surface area contributed by atoms with Gasteiger partial charge in [-0.3, -0.25) is 19.7 Å². The fourth-order valence-electron chi connectivity index (χ4n) is 3.05. The van der Waals surface area contributed by atoms with Crippen molar-refractivity contribution >= 4 is 66.8 Å². The number of benzene rings is 3. The largest absolute Gasteiger partial charge is 0.481 e. The molecule has 0 spiro atoms. The third kappa shape index (κ3) is 7.00. The SMILES string of the molecule is Cc1ccccc1NC(=O)COc1c(Br)cc(/C=C(/C#N)C(=O)Nc2cccc([N+](=O)[O-])c2)cc1Br. The van der Waals surface area contributed by atoms with E-state index in [1.807, 2.05) is 31.2 Å². The summed E-state index contributed by atoms with van der Waals surface area (Å²) in [6.45, 7) is 1.64. The van der Waals surface area contributed by atoms with Gasteiger partial charge in [0.05, 0.1) is 13.9 Å². The van der Waals surface area contributed by atoms with E-state index < -0.39 is 10.8 Å². The number of nitro groups is 1. The molecule has 0 heterocycles. The van der Waals surface area contributed by atoms with Gasteiger partial charge in [-0.1, -0.05) is 24.3 Å². The molecule has 2 amide bonds. The van der Waals surface area contributed by atoms with Crippen LogP contribution in [0.15, 0.2) is 75.2 Å². The fraction of sp³-hybridized carbons (Fsp3) is 0.0800. The molecule has 0 aliphatic carbocycles. The number of nitrogens with one attached hydrogen (secondary N) is 2. The molecular formula is C25H18Br2N4O5. The molecule has 0 fully saturated rings. The van der Waals surface area contributed by atoms with Crippen LogP contribution in [-0.2, 0) is 9.59 Å². The van der Waals surface area contributed by atoms with Crippen LogP contribution in [0, 0.1) is 28.4 Å². The van der Waals surface area contributed by atoms with Crippen molar-refractivity contribution < 1.29 is 19.2 Å². The monoisotopic (exact) mass is 612 g/mol. The molecule has 3 aromatic carbocycles. The van der Waals surface area contributed by atoms with Crippen LogP contribution in [-0.4, -0.2) is 23.3 Å². The lowest BCUT2D eigenvalue weighted by molar-refractivity contribution is -0.384. The Kier molecular flexibility index (Phi) is 8.94. The van der Waals surface area contributed by atoms with Gasteiger partial charge in [-0.2, -0.15) is 5.26 Å². The van der Waals surface area contributed by atoms with Gasteiger partial charge in [-0.25, -0.2) is 0 Å². The number of nitrogens with zero attached hydrogens (tertiary/aromatic N) is 2. The minimum Gasteiger partial charge on any atom is -0.481 e. The first kappa shape index (κ1) is 26.6. The molecule has 0 saturated heterocycles. The Morgan fingerprint density at radius 1 is 1.08 bits per heavy atom. The molecule has 3 aromatic rings. The van der Waals surface area contributed by atoms with E-state index in [9.17, 15) is 25.0 Å². The summed E-state index contributed by atoms with van der Waals surface area (Å²) in [6.07, 6.45) is 1.36. The molecule has 0 unspecified atom stereocenters. The van der Waals surface area contributed by atoms with Crippen molar-refractivity contribution in [3.05, 3.63) is 96.4 Å². The van der Waals surface area contributed by atoms with E-state index in [1.165, 1.54) is 30.3 Å². The van der Waals surface area contributed by atoms with Gasteiger partial charge in [0.25, 0.3) is 17.5 Å². The average Bonchev–Trinajstić information content (AvgIpc) is 2.83. The maximum Gasteiger partial charge on any atom is 0.271 e. The Bertz CT molecular complexity index is 1390. The number of rotatable bonds is 8. The van der Waals surface area contributed by atoms with E-state index in [1.54, 1.807) is 18.2 Å². The van der Waals surface area contributed by atoms with Gasteiger partial charge in [0, 0.05) is 23.5 Å². The minimum atomic E-state index is -0.724. The molecule has 9 nitrogen and oxygen atoms in total. The molecule has 0 atom stereocenters. The summed E-state index contributed by atoms with van der Waals surface area (Å²) in [5, 5.41) is 25.7. The van der Waals surface area contributed by atoms with Crippen molar-refractivity contribution in [3.8, 4) is 11.8 Å². The number of hydrogen-bond acceptors (Lipinski definition) is 6.